The van der Waals surface area contributed by atoms with Gasteiger partial charge in [0.2, 0.25) is 0 Å². The lowest BCUT2D eigenvalue weighted by Gasteiger charge is -2.19. The van der Waals surface area contributed by atoms with Crippen LogP contribution >= 0.6 is 23.3 Å². The monoisotopic (exact) mass is 307 g/mol. The van der Waals surface area contributed by atoms with Crippen molar-refractivity contribution in [1.29, 1.82) is 0 Å². The van der Waals surface area contributed by atoms with Crippen LogP contribution in [0.15, 0.2) is 28.6 Å². The molecule has 1 atom stereocenters. The molecule has 3 nitrogen and oxygen atoms in total. The van der Waals surface area contributed by atoms with Gasteiger partial charge in [-0.1, -0.05) is 49.9 Å². The summed E-state index contributed by atoms with van der Waals surface area (Å²) in [6.07, 6.45) is 0.908. The molecule has 0 aliphatic heterocycles. The van der Waals surface area contributed by atoms with Gasteiger partial charge in [0.05, 0.1) is 0 Å². The van der Waals surface area contributed by atoms with Crippen molar-refractivity contribution in [2.45, 2.75) is 37.6 Å². The molecule has 0 aliphatic rings. The van der Waals surface area contributed by atoms with Crippen molar-refractivity contribution in [1.82, 2.24) is 14.7 Å². The number of hydrogen-bond acceptors (Lipinski definition) is 5. The van der Waals surface area contributed by atoms with Gasteiger partial charge in [-0.05, 0) is 36.1 Å². The third kappa shape index (κ3) is 4.04. The molecule has 1 unspecified atom stereocenters. The van der Waals surface area contributed by atoms with E-state index in [9.17, 15) is 0 Å². The minimum Gasteiger partial charge on any atom is -0.309 e. The first-order valence-electron chi connectivity index (χ1n) is 6.98. The van der Waals surface area contributed by atoms with E-state index in [4.69, 9.17) is 0 Å². The molecule has 5 heteroatoms. The molecule has 2 rings (SSSR count). The Morgan fingerprint density at radius 2 is 2.10 bits per heavy atom. The van der Waals surface area contributed by atoms with Crippen LogP contribution in [0.1, 0.15) is 36.8 Å². The Hall–Kier alpha value is -0.910. The normalized spacial score (nSPS) is 12.6. The summed E-state index contributed by atoms with van der Waals surface area (Å²) in [7, 11) is 0. The van der Waals surface area contributed by atoms with Gasteiger partial charge in [-0.3, -0.25) is 0 Å². The van der Waals surface area contributed by atoms with Crippen molar-refractivity contribution < 1.29 is 0 Å². The highest BCUT2D eigenvalue weighted by Crippen LogP contribution is 2.27. The molecular weight excluding hydrogens is 286 g/mol. The third-order valence-electron chi connectivity index (χ3n) is 3.15. The number of nitrogens with one attached hydrogen (secondary N) is 1. The Balaban J connectivity index is 2.04. The van der Waals surface area contributed by atoms with E-state index in [-0.39, 0.29) is 0 Å². The van der Waals surface area contributed by atoms with Gasteiger partial charge < -0.3 is 5.32 Å². The highest BCUT2D eigenvalue weighted by molar-refractivity contribution is 8.00. The number of aromatic nitrogens is 2. The molecule has 1 heterocycles. The number of thioether (sulfide) groups is 1. The maximum absolute atomic E-state index is 4.52. The van der Waals surface area contributed by atoms with E-state index in [0.29, 0.717) is 6.04 Å². The zero-order chi connectivity index (χ0) is 14.4. The highest BCUT2D eigenvalue weighted by Gasteiger charge is 2.14. The van der Waals surface area contributed by atoms with Crippen molar-refractivity contribution in [2.75, 3.05) is 12.3 Å². The van der Waals surface area contributed by atoms with Gasteiger partial charge in [0, 0.05) is 18.2 Å². The van der Waals surface area contributed by atoms with E-state index in [1.165, 1.54) is 22.7 Å². The zero-order valence-electron chi connectivity index (χ0n) is 12.2. The maximum atomic E-state index is 4.52. The molecule has 0 spiro atoms. The molecule has 2 aromatic rings. The summed E-state index contributed by atoms with van der Waals surface area (Å²) < 4.78 is 5.41. The Bertz CT molecular complexity index is 539. The topological polar surface area (TPSA) is 37.8 Å². The molecular formula is C15H21N3S2. The molecule has 20 heavy (non-hydrogen) atoms. The summed E-state index contributed by atoms with van der Waals surface area (Å²) in [4.78, 5) is 4.52. The van der Waals surface area contributed by atoms with Crippen LogP contribution in [0.4, 0.5) is 0 Å². The molecule has 0 amide bonds. The summed E-state index contributed by atoms with van der Waals surface area (Å²) in [6.45, 7) is 7.38. The van der Waals surface area contributed by atoms with Crippen molar-refractivity contribution in [3.63, 3.8) is 0 Å². The molecule has 1 aromatic carbocycles. The van der Waals surface area contributed by atoms with Gasteiger partial charge >= 0.3 is 0 Å². The molecule has 108 valence electrons. The fraction of sp³-hybridized carbons (Fsp3) is 0.467. The maximum Gasteiger partial charge on any atom is 0.170 e. The summed E-state index contributed by atoms with van der Waals surface area (Å²) >= 11 is 3.30. The van der Waals surface area contributed by atoms with Gasteiger partial charge in [0.15, 0.2) is 4.34 Å². The largest absolute Gasteiger partial charge is 0.309 e. The van der Waals surface area contributed by atoms with Gasteiger partial charge in [0.25, 0.3) is 0 Å². The van der Waals surface area contributed by atoms with E-state index in [1.807, 2.05) is 0 Å². The standard InChI is InChI=1S/C15H21N3S2/c1-4-14-17-15(20-18-14)19-10-13(16-5-2)12-9-7-6-8-11(12)3/h6-9,13,16H,4-5,10H2,1-3H3. The van der Waals surface area contributed by atoms with Crippen LogP contribution in [0.3, 0.4) is 0 Å². The van der Waals surface area contributed by atoms with Crippen LogP contribution in [0, 0.1) is 6.92 Å². The predicted octanol–water partition coefficient (Wildman–Crippen LogP) is 3.85. The number of aryl methyl sites for hydroxylation is 2. The smallest absolute Gasteiger partial charge is 0.170 e. The van der Waals surface area contributed by atoms with E-state index < -0.39 is 0 Å². The average molecular weight is 307 g/mol. The molecule has 0 fully saturated rings. The summed E-state index contributed by atoms with van der Waals surface area (Å²) in [5.74, 6) is 1.94. The summed E-state index contributed by atoms with van der Waals surface area (Å²) in [5, 5.41) is 3.57. The molecule has 0 saturated carbocycles. The average Bonchev–Trinajstić information content (AvgIpc) is 2.92. The summed E-state index contributed by atoms with van der Waals surface area (Å²) in [5.41, 5.74) is 2.72. The minimum absolute atomic E-state index is 0.361. The first kappa shape index (κ1) is 15.5. The van der Waals surface area contributed by atoms with Crippen molar-refractivity contribution in [3.05, 3.63) is 41.2 Å². The first-order valence-corrected chi connectivity index (χ1v) is 8.74. The van der Waals surface area contributed by atoms with Crippen LogP contribution in [-0.4, -0.2) is 21.7 Å². The first-order chi connectivity index (χ1) is 9.74. The van der Waals surface area contributed by atoms with Crippen LogP contribution in [-0.2, 0) is 6.42 Å². The van der Waals surface area contributed by atoms with Crippen molar-refractivity contribution in [3.8, 4) is 0 Å². The lowest BCUT2D eigenvalue weighted by molar-refractivity contribution is 0.603. The lowest BCUT2D eigenvalue weighted by Crippen LogP contribution is -2.23. The quantitative estimate of drug-likeness (QED) is 0.788. The third-order valence-corrected chi connectivity index (χ3v) is 5.12. The number of hydrogen-bond donors (Lipinski definition) is 1. The fourth-order valence-corrected chi connectivity index (χ4v) is 3.88. The number of rotatable bonds is 7. The molecule has 0 bridgehead atoms. The van der Waals surface area contributed by atoms with E-state index in [0.717, 1.165) is 28.9 Å². The lowest BCUT2D eigenvalue weighted by atomic mass is 10.0. The van der Waals surface area contributed by atoms with Crippen molar-refractivity contribution in [2.24, 2.45) is 0 Å². The molecule has 0 radical (unpaired) electrons. The SMILES string of the molecule is CCNC(CSc1nc(CC)ns1)c1ccccc1C. The predicted molar refractivity (Wildman–Crippen MR) is 87.6 cm³/mol. The zero-order valence-corrected chi connectivity index (χ0v) is 13.9. The van der Waals surface area contributed by atoms with Crippen LogP contribution in [0.2, 0.25) is 0 Å². The van der Waals surface area contributed by atoms with E-state index >= 15 is 0 Å². The molecule has 0 aliphatic carbocycles. The number of benzene rings is 1. The Kier molecular flexibility index (Phi) is 6.01. The van der Waals surface area contributed by atoms with Gasteiger partial charge in [-0.25, -0.2) is 4.98 Å². The van der Waals surface area contributed by atoms with Crippen LogP contribution < -0.4 is 5.32 Å². The Morgan fingerprint density at radius 3 is 2.75 bits per heavy atom. The van der Waals surface area contributed by atoms with Gasteiger partial charge in [-0.2, -0.15) is 4.37 Å². The van der Waals surface area contributed by atoms with Gasteiger partial charge in [0.1, 0.15) is 5.82 Å². The number of nitrogens with zero attached hydrogens (tertiary/aromatic N) is 2. The summed E-state index contributed by atoms with van der Waals surface area (Å²) in [6, 6.07) is 8.94. The van der Waals surface area contributed by atoms with Crippen molar-refractivity contribution >= 4 is 23.3 Å². The molecule has 1 N–H and O–H groups in total. The second kappa shape index (κ2) is 7.76. The second-order valence-corrected chi connectivity index (χ2v) is 6.63. The van der Waals surface area contributed by atoms with Crippen LogP contribution in [0.5, 0.6) is 0 Å². The van der Waals surface area contributed by atoms with Crippen LogP contribution in [0.25, 0.3) is 0 Å². The Labute approximate surface area is 129 Å². The highest BCUT2D eigenvalue weighted by atomic mass is 32.2. The molecule has 0 saturated heterocycles. The Morgan fingerprint density at radius 1 is 1.30 bits per heavy atom. The van der Waals surface area contributed by atoms with E-state index in [2.05, 4.69) is 59.7 Å². The fourth-order valence-electron chi connectivity index (χ4n) is 2.08. The van der Waals surface area contributed by atoms with E-state index in [1.54, 1.807) is 11.8 Å². The molecule has 1 aromatic heterocycles. The van der Waals surface area contributed by atoms with Gasteiger partial charge in [-0.15, -0.1) is 0 Å². The second-order valence-electron chi connectivity index (χ2n) is 4.61. The minimum atomic E-state index is 0.361.